The van der Waals surface area contributed by atoms with Gasteiger partial charge in [0, 0.05) is 13.1 Å². The van der Waals surface area contributed by atoms with Crippen LogP contribution in [-0.2, 0) is 13.2 Å². The summed E-state index contributed by atoms with van der Waals surface area (Å²) in [5.74, 6) is 0.423. The Morgan fingerprint density at radius 1 is 1.00 bits per heavy atom. The predicted molar refractivity (Wildman–Crippen MR) is 96.9 cm³/mol. The van der Waals surface area contributed by atoms with Crippen LogP contribution in [0.5, 0.6) is 0 Å². The summed E-state index contributed by atoms with van der Waals surface area (Å²) >= 11 is 0. The van der Waals surface area contributed by atoms with Gasteiger partial charge in [0.2, 0.25) is 0 Å². The van der Waals surface area contributed by atoms with Gasteiger partial charge in [0.15, 0.2) is 25.0 Å². The lowest BCUT2D eigenvalue weighted by atomic mass is 10.3. The lowest BCUT2D eigenvalue weighted by Gasteiger charge is -2.42. The van der Waals surface area contributed by atoms with Crippen LogP contribution >= 0.6 is 8.38 Å². The van der Waals surface area contributed by atoms with Crippen molar-refractivity contribution >= 4 is 25.0 Å². The molecule has 1 fully saturated rings. The van der Waals surface area contributed by atoms with Gasteiger partial charge in [0.05, 0.1) is 19.0 Å². The Bertz CT molecular complexity index is 286. The van der Waals surface area contributed by atoms with Crippen molar-refractivity contribution < 1.29 is 13.2 Å². The maximum absolute atomic E-state index is 6.52. The molecule has 0 aliphatic carbocycles. The third-order valence-electron chi connectivity index (χ3n) is 2.99. The van der Waals surface area contributed by atoms with Crippen LogP contribution in [0.1, 0.15) is 19.8 Å². The van der Waals surface area contributed by atoms with Gasteiger partial charge >= 0.3 is 0 Å². The molecule has 1 unspecified atom stereocenters. The lowest BCUT2D eigenvalue weighted by molar-refractivity contribution is 0.0279. The molecule has 0 bridgehead atoms. The minimum Gasteiger partial charge on any atom is -0.379 e. The van der Waals surface area contributed by atoms with E-state index in [0.29, 0.717) is 5.78 Å². The molecule has 1 aliphatic heterocycles. The Morgan fingerprint density at radius 2 is 1.48 bits per heavy atom. The Kier molecular flexibility index (Phi) is 8.02. The van der Waals surface area contributed by atoms with E-state index in [0.717, 1.165) is 32.7 Å². The molecule has 1 atom stereocenters. The number of ether oxygens (including phenoxy) is 1. The SMILES string of the molecule is CCCC(N1CCOCC1)P(O[Si](C)(C)C)O[Si](C)(C)C. The van der Waals surface area contributed by atoms with Crippen molar-refractivity contribution in [2.24, 2.45) is 0 Å². The first kappa shape index (κ1) is 19.7. The maximum Gasteiger partial charge on any atom is 0.191 e. The van der Waals surface area contributed by atoms with Gasteiger partial charge in [-0.1, -0.05) is 13.3 Å². The highest BCUT2D eigenvalue weighted by atomic mass is 31.2. The van der Waals surface area contributed by atoms with E-state index in [1.54, 1.807) is 0 Å². The average Bonchev–Trinajstić information content (AvgIpc) is 2.32. The Balaban J connectivity index is 2.86. The molecule has 0 saturated carbocycles. The van der Waals surface area contributed by atoms with Crippen molar-refractivity contribution in [1.29, 1.82) is 0 Å². The first-order valence-corrected chi connectivity index (χ1v) is 16.2. The van der Waals surface area contributed by atoms with Crippen LogP contribution in [0.15, 0.2) is 0 Å². The number of hydrogen-bond acceptors (Lipinski definition) is 4. The monoisotopic (exact) mass is 351 g/mol. The molecule has 0 aromatic heterocycles. The van der Waals surface area contributed by atoms with Crippen LogP contribution in [0.2, 0.25) is 39.3 Å². The molecule has 1 rings (SSSR count). The van der Waals surface area contributed by atoms with Gasteiger partial charge in [-0.15, -0.1) is 0 Å². The summed E-state index contributed by atoms with van der Waals surface area (Å²) in [5, 5.41) is 0. The van der Waals surface area contributed by atoms with Gasteiger partial charge in [0.1, 0.15) is 0 Å². The summed E-state index contributed by atoms with van der Waals surface area (Å²) in [6, 6.07) is 0. The molecule has 0 aromatic rings. The van der Waals surface area contributed by atoms with E-state index in [4.69, 9.17) is 13.2 Å². The Labute approximate surface area is 134 Å². The molecule has 0 aromatic carbocycles. The smallest absolute Gasteiger partial charge is 0.191 e. The molecule has 0 N–H and O–H groups in total. The molecule has 0 radical (unpaired) electrons. The summed E-state index contributed by atoms with van der Waals surface area (Å²) in [4.78, 5) is 2.54. The van der Waals surface area contributed by atoms with Gasteiger partial charge in [-0.3, -0.25) is 4.90 Å². The van der Waals surface area contributed by atoms with Gasteiger partial charge in [-0.05, 0) is 45.7 Å². The molecule has 0 spiro atoms. The molecule has 7 heteroatoms. The lowest BCUT2D eigenvalue weighted by Crippen LogP contribution is -2.45. The van der Waals surface area contributed by atoms with Gasteiger partial charge < -0.3 is 13.2 Å². The fourth-order valence-electron chi connectivity index (χ4n) is 2.24. The fourth-order valence-corrected chi connectivity index (χ4v) is 8.98. The molecule has 4 nitrogen and oxygen atoms in total. The third-order valence-corrected chi connectivity index (χ3v) is 9.88. The number of morpholine rings is 1. The number of rotatable bonds is 8. The highest BCUT2D eigenvalue weighted by Gasteiger charge is 2.36. The zero-order valence-corrected chi connectivity index (χ0v) is 17.8. The predicted octanol–water partition coefficient (Wildman–Crippen LogP) is 4.46. The number of hydrogen-bond donors (Lipinski definition) is 0. The molecule has 1 saturated heterocycles. The Morgan fingerprint density at radius 3 is 1.86 bits per heavy atom. The van der Waals surface area contributed by atoms with E-state index < -0.39 is 25.0 Å². The van der Waals surface area contributed by atoms with E-state index in [1.165, 1.54) is 6.42 Å². The number of nitrogens with zero attached hydrogens (tertiary/aromatic N) is 1. The first-order chi connectivity index (χ1) is 9.62. The molecule has 0 amide bonds. The second kappa shape index (κ2) is 8.53. The second-order valence-corrected chi connectivity index (χ2v) is 18.7. The molecular formula is C14H34NO3PSi2. The molecule has 1 heterocycles. The summed E-state index contributed by atoms with van der Waals surface area (Å²) in [6.45, 7) is 19.5. The third kappa shape index (κ3) is 8.21. The van der Waals surface area contributed by atoms with E-state index in [1.807, 2.05) is 0 Å². The van der Waals surface area contributed by atoms with Gasteiger partial charge in [-0.2, -0.15) is 0 Å². The molecule has 126 valence electrons. The highest BCUT2D eigenvalue weighted by molar-refractivity contribution is 7.51. The van der Waals surface area contributed by atoms with Crippen molar-refractivity contribution in [2.75, 3.05) is 26.3 Å². The largest absolute Gasteiger partial charge is 0.379 e. The van der Waals surface area contributed by atoms with E-state index >= 15 is 0 Å². The first-order valence-electron chi connectivity index (χ1n) is 8.11. The van der Waals surface area contributed by atoms with Crippen molar-refractivity contribution in [3.05, 3.63) is 0 Å². The Hall–Kier alpha value is 0.704. The van der Waals surface area contributed by atoms with Crippen LogP contribution in [0.3, 0.4) is 0 Å². The van der Waals surface area contributed by atoms with E-state index in [-0.39, 0.29) is 0 Å². The van der Waals surface area contributed by atoms with Crippen molar-refractivity contribution in [1.82, 2.24) is 4.90 Å². The highest BCUT2D eigenvalue weighted by Crippen LogP contribution is 2.51. The minimum atomic E-state index is -1.61. The normalized spacial score (nSPS) is 20.0. The quantitative estimate of drug-likeness (QED) is 0.477. The van der Waals surface area contributed by atoms with Crippen LogP contribution < -0.4 is 0 Å². The zero-order valence-electron chi connectivity index (χ0n) is 14.9. The fraction of sp³-hybridized carbons (Fsp3) is 1.00. The summed E-state index contributed by atoms with van der Waals surface area (Å²) in [5.41, 5.74) is 0. The van der Waals surface area contributed by atoms with Gasteiger partial charge in [-0.25, -0.2) is 0 Å². The molecular weight excluding hydrogens is 317 g/mol. The minimum absolute atomic E-state index is 0.423. The summed E-state index contributed by atoms with van der Waals surface area (Å²) < 4.78 is 18.5. The summed E-state index contributed by atoms with van der Waals surface area (Å²) in [7, 11) is -4.05. The topological polar surface area (TPSA) is 30.9 Å². The molecule has 1 aliphatic rings. The summed E-state index contributed by atoms with van der Waals surface area (Å²) in [6.07, 6.45) is 2.33. The van der Waals surface area contributed by atoms with Crippen LogP contribution in [-0.4, -0.2) is 53.6 Å². The van der Waals surface area contributed by atoms with Gasteiger partial charge in [0.25, 0.3) is 0 Å². The van der Waals surface area contributed by atoms with E-state index in [2.05, 4.69) is 51.1 Å². The van der Waals surface area contributed by atoms with Crippen LogP contribution in [0.25, 0.3) is 0 Å². The zero-order chi connectivity index (χ0) is 16.1. The van der Waals surface area contributed by atoms with Crippen LogP contribution in [0, 0.1) is 0 Å². The van der Waals surface area contributed by atoms with Crippen molar-refractivity contribution in [2.45, 2.75) is 64.8 Å². The molecule has 21 heavy (non-hydrogen) atoms. The maximum atomic E-state index is 6.52. The van der Waals surface area contributed by atoms with Crippen LogP contribution in [0.4, 0.5) is 0 Å². The average molecular weight is 352 g/mol. The van der Waals surface area contributed by atoms with Crippen molar-refractivity contribution in [3.63, 3.8) is 0 Å². The van der Waals surface area contributed by atoms with E-state index in [9.17, 15) is 0 Å². The second-order valence-electron chi connectivity index (χ2n) is 7.61. The standard InChI is InChI=1S/C14H34NO3PSi2/c1-8-9-14(15-10-12-16-13-11-15)19(17-20(2,3)4)18-21(5,6)7/h14H,8-13H2,1-7H3. The van der Waals surface area contributed by atoms with Crippen molar-refractivity contribution in [3.8, 4) is 0 Å².